The lowest BCUT2D eigenvalue weighted by Gasteiger charge is -2.29. The Morgan fingerprint density at radius 2 is 1.74 bits per heavy atom. The number of hydrogen-bond acceptors (Lipinski definition) is 4. The van der Waals surface area contributed by atoms with Crippen molar-refractivity contribution < 1.29 is 9.59 Å². The molecule has 1 spiro atoms. The lowest BCUT2D eigenvalue weighted by molar-refractivity contribution is -0.118. The zero-order valence-corrected chi connectivity index (χ0v) is 22.2. The van der Waals surface area contributed by atoms with Gasteiger partial charge in [0.1, 0.15) is 11.7 Å². The summed E-state index contributed by atoms with van der Waals surface area (Å²) in [5.41, 5.74) is 7.77. The van der Waals surface area contributed by atoms with E-state index in [-0.39, 0.29) is 23.1 Å². The summed E-state index contributed by atoms with van der Waals surface area (Å²) in [7, 11) is 3.67. The fourth-order valence-corrected chi connectivity index (χ4v) is 6.24. The van der Waals surface area contributed by atoms with Gasteiger partial charge in [-0.15, -0.1) is 0 Å². The second-order valence-electron chi connectivity index (χ2n) is 10.7. The number of carbonyl (C=O) groups excluding carboxylic acids is 2. The second kappa shape index (κ2) is 8.97. The van der Waals surface area contributed by atoms with E-state index < -0.39 is 6.04 Å². The maximum atomic E-state index is 13.9. The van der Waals surface area contributed by atoms with Gasteiger partial charge in [-0.1, -0.05) is 36.4 Å². The van der Waals surface area contributed by atoms with Crippen molar-refractivity contribution in [1.29, 1.82) is 0 Å². The summed E-state index contributed by atoms with van der Waals surface area (Å²) < 4.78 is 3.41. The van der Waals surface area contributed by atoms with Gasteiger partial charge < -0.3 is 10.6 Å². The number of aromatic nitrogens is 4. The second-order valence-corrected chi connectivity index (χ2v) is 10.7. The zero-order chi connectivity index (χ0) is 26.6. The Labute approximate surface area is 222 Å². The van der Waals surface area contributed by atoms with Crippen molar-refractivity contribution >= 4 is 17.5 Å². The highest BCUT2D eigenvalue weighted by Crippen LogP contribution is 2.64. The summed E-state index contributed by atoms with van der Waals surface area (Å²) in [4.78, 5) is 27.2. The molecule has 2 amide bonds. The molecule has 0 bridgehead atoms. The smallest absolute Gasteiger partial charge is 0.270 e. The van der Waals surface area contributed by atoms with Gasteiger partial charge in [0.2, 0.25) is 5.91 Å². The molecule has 2 heterocycles. The summed E-state index contributed by atoms with van der Waals surface area (Å²) in [6, 6.07) is 17.1. The maximum absolute atomic E-state index is 13.9. The van der Waals surface area contributed by atoms with Crippen molar-refractivity contribution in [2.24, 2.45) is 19.5 Å². The van der Waals surface area contributed by atoms with Crippen molar-refractivity contribution in [3.8, 4) is 11.1 Å². The van der Waals surface area contributed by atoms with Crippen LogP contribution in [-0.2, 0) is 25.3 Å². The van der Waals surface area contributed by atoms with Crippen LogP contribution >= 0.6 is 0 Å². The molecule has 1 saturated carbocycles. The summed E-state index contributed by atoms with van der Waals surface area (Å²) in [5, 5.41) is 14.8. The number of rotatable bonds is 6. The standard InChI is InChI=1S/C30H32N6O2/c1-18-25(19(2)35(3)34-18)20-9-11-22(12-10-20)32-29(38)27(33-28(37)24-13-16-31-36(24)4)26-23-8-6-5-7-21(23)17-30(26)14-15-30/h5-13,16,26-27H,14-15,17H2,1-4H3,(H,32,38)(H,33,37)/t26?,27-/m0/s1. The van der Waals surface area contributed by atoms with Crippen LogP contribution in [0.25, 0.3) is 11.1 Å². The Bertz CT molecular complexity index is 1540. The number of benzene rings is 2. The SMILES string of the molecule is Cc1nn(C)c(C)c1-c1ccc(NC(=O)[C@@H](NC(=O)c2ccnn2C)C2c3ccccc3CC23CC3)cc1. The molecular weight excluding hydrogens is 476 g/mol. The summed E-state index contributed by atoms with van der Waals surface area (Å²) >= 11 is 0. The molecular formula is C30H32N6O2. The number of nitrogens with one attached hydrogen (secondary N) is 2. The van der Waals surface area contributed by atoms with Crippen LogP contribution in [0.4, 0.5) is 5.69 Å². The normalized spacial score (nSPS) is 17.7. The van der Waals surface area contributed by atoms with Gasteiger partial charge in [0.15, 0.2) is 0 Å². The first kappa shape index (κ1) is 24.2. The van der Waals surface area contributed by atoms with Crippen LogP contribution in [-0.4, -0.2) is 37.4 Å². The molecule has 2 aliphatic carbocycles. The van der Waals surface area contributed by atoms with Crippen LogP contribution in [0.5, 0.6) is 0 Å². The molecule has 0 aliphatic heterocycles. The number of anilines is 1. The minimum Gasteiger partial charge on any atom is -0.338 e. The molecule has 2 atom stereocenters. The summed E-state index contributed by atoms with van der Waals surface area (Å²) in [6.07, 6.45) is 4.63. The minimum atomic E-state index is -0.717. The van der Waals surface area contributed by atoms with Gasteiger partial charge in [-0.05, 0) is 73.4 Å². The number of fused-ring (bicyclic) bond motifs is 1. The highest BCUT2D eigenvalue weighted by atomic mass is 16.2. The molecule has 2 aromatic carbocycles. The Kier molecular flexibility index (Phi) is 5.70. The molecule has 1 unspecified atom stereocenters. The van der Waals surface area contributed by atoms with E-state index in [1.54, 1.807) is 19.3 Å². The van der Waals surface area contributed by atoms with Crippen molar-refractivity contribution in [3.05, 3.63) is 89.0 Å². The quantitative estimate of drug-likeness (QED) is 0.406. The monoisotopic (exact) mass is 508 g/mol. The lowest BCUT2D eigenvalue weighted by Crippen LogP contribution is -2.49. The maximum Gasteiger partial charge on any atom is 0.270 e. The fraction of sp³-hybridized carbons (Fsp3) is 0.333. The van der Waals surface area contributed by atoms with Crippen molar-refractivity contribution in [1.82, 2.24) is 24.9 Å². The van der Waals surface area contributed by atoms with E-state index in [2.05, 4.69) is 33.0 Å². The molecule has 4 aromatic rings. The van der Waals surface area contributed by atoms with Gasteiger partial charge in [-0.2, -0.15) is 10.2 Å². The number of hydrogen-bond donors (Lipinski definition) is 2. The average Bonchev–Trinajstić information content (AvgIpc) is 3.28. The van der Waals surface area contributed by atoms with Crippen molar-refractivity contribution in [3.63, 3.8) is 0 Å². The highest BCUT2D eigenvalue weighted by Gasteiger charge is 2.58. The summed E-state index contributed by atoms with van der Waals surface area (Å²) in [6.45, 7) is 4.05. The molecule has 8 heteroatoms. The molecule has 194 valence electrons. The molecule has 1 fully saturated rings. The number of carbonyl (C=O) groups is 2. The molecule has 2 aliphatic rings. The first-order valence-electron chi connectivity index (χ1n) is 13.1. The Balaban J connectivity index is 1.30. The van der Waals surface area contributed by atoms with E-state index in [0.717, 1.165) is 47.3 Å². The van der Waals surface area contributed by atoms with E-state index >= 15 is 0 Å². The van der Waals surface area contributed by atoms with E-state index in [1.807, 2.05) is 62.0 Å². The van der Waals surface area contributed by atoms with Crippen LogP contribution in [0, 0.1) is 19.3 Å². The number of nitrogens with zero attached hydrogens (tertiary/aromatic N) is 4. The molecule has 0 radical (unpaired) electrons. The van der Waals surface area contributed by atoms with Crippen LogP contribution in [0.1, 0.15) is 51.8 Å². The van der Waals surface area contributed by atoms with Crippen LogP contribution in [0.2, 0.25) is 0 Å². The summed E-state index contributed by atoms with van der Waals surface area (Å²) in [5.74, 6) is -0.603. The van der Waals surface area contributed by atoms with E-state index in [9.17, 15) is 9.59 Å². The van der Waals surface area contributed by atoms with Crippen LogP contribution in [0.3, 0.4) is 0 Å². The molecule has 2 aromatic heterocycles. The minimum absolute atomic E-state index is 0.0185. The molecule has 8 nitrogen and oxygen atoms in total. The van der Waals surface area contributed by atoms with Gasteiger partial charge in [0.05, 0.1) is 5.69 Å². The lowest BCUT2D eigenvalue weighted by atomic mass is 9.82. The zero-order valence-electron chi connectivity index (χ0n) is 22.2. The third kappa shape index (κ3) is 4.00. The fourth-order valence-electron chi connectivity index (χ4n) is 6.24. The first-order chi connectivity index (χ1) is 18.3. The Morgan fingerprint density at radius 3 is 2.37 bits per heavy atom. The van der Waals surface area contributed by atoms with E-state index in [1.165, 1.54) is 10.2 Å². The third-order valence-corrected chi connectivity index (χ3v) is 8.39. The number of aryl methyl sites for hydroxylation is 3. The first-order valence-corrected chi connectivity index (χ1v) is 13.1. The highest BCUT2D eigenvalue weighted by molar-refractivity contribution is 6.01. The van der Waals surface area contributed by atoms with Gasteiger partial charge in [0.25, 0.3) is 5.91 Å². The van der Waals surface area contributed by atoms with Gasteiger partial charge >= 0.3 is 0 Å². The molecule has 2 N–H and O–H groups in total. The van der Waals surface area contributed by atoms with Gasteiger partial charge in [-0.3, -0.25) is 19.0 Å². The molecule has 38 heavy (non-hydrogen) atoms. The molecule has 0 saturated heterocycles. The van der Waals surface area contributed by atoms with Crippen LogP contribution < -0.4 is 10.6 Å². The Morgan fingerprint density at radius 1 is 1.00 bits per heavy atom. The predicted octanol–water partition coefficient (Wildman–Crippen LogP) is 4.29. The van der Waals surface area contributed by atoms with Crippen molar-refractivity contribution in [2.75, 3.05) is 5.32 Å². The van der Waals surface area contributed by atoms with Gasteiger partial charge in [0, 0.05) is 43.2 Å². The Hall–Kier alpha value is -4.20. The van der Waals surface area contributed by atoms with E-state index in [0.29, 0.717) is 11.4 Å². The predicted molar refractivity (Wildman–Crippen MR) is 146 cm³/mol. The van der Waals surface area contributed by atoms with Gasteiger partial charge in [-0.25, -0.2) is 0 Å². The average molecular weight is 509 g/mol. The third-order valence-electron chi connectivity index (χ3n) is 8.39. The topological polar surface area (TPSA) is 93.8 Å². The van der Waals surface area contributed by atoms with Crippen molar-refractivity contribution in [2.45, 2.75) is 45.1 Å². The molecule has 6 rings (SSSR count). The largest absolute Gasteiger partial charge is 0.338 e. The van der Waals surface area contributed by atoms with E-state index in [4.69, 9.17) is 0 Å². The number of amides is 2. The van der Waals surface area contributed by atoms with Crippen LogP contribution in [0.15, 0.2) is 60.8 Å².